The standard InChI is InChI=1S/C16H25NO2/c1-4-16(17)13-5-7-14(8-6-13)19-15-9-11(2)18-12(3)10-15/h5-8,11-12,15-16H,4,9-10,17H2,1-3H3/t11?,12?,15?,16-/m0/s1. The van der Waals surface area contributed by atoms with Gasteiger partial charge in [-0.05, 0) is 38.0 Å². The van der Waals surface area contributed by atoms with Crippen LogP contribution in [-0.2, 0) is 4.74 Å². The van der Waals surface area contributed by atoms with E-state index in [1.54, 1.807) is 0 Å². The average Bonchev–Trinajstić information content (AvgIpc) is 2.37. The van der Waals surface area contributed by atoms with Crippen molar-refractivity contribution in [2.45, 2.75) is 64.4 Å². The lowest BCUT2D eigenvalue weighted by Gasteiger charge is -2.32. The fraction of sp³-hybridized carbons (Fsp3) is 0.625. The normalized spacial score (nSPS) is 28.9. The summed E-state index contributed by atoms with van der Waals surface area (Å²) in [4.78, 5) is 0. The summed E-state index contributed by atoms with van der Waals surface area (Å²) >= 11 is 0. The summed E-state index contributed by atoms with van der Waals surface area (Å²) in [7, 11) is 0. The molecule has 19 heavy (non-hydrogen) atoms. The minimum Gasteiger partial charge on any atom is -0.490 e. The molecule has 2 unspecified atom stereocenters. The van der Waals surface area contributed by atoms with Gasteiger partial charge in [-0.3, -0.25) is 0 Å². The van der Waals surface area contributed by atoms with Crippen molar-refractivity contribution >= 4 is 0 Å². The Labute approximate surface area is 116 Å². The van der Waals surface area contributed by atoms with Crippen LogP contribution >= 0.6 is 0 Å². The molecule has 0 radical (unpaired) electrons. The molecule has 1 saturated heterocycles. The molecule has 1 heterocycles. The Morgan fingerprint density at radius 2 is 1.79 bits per heavy atom. The van der Waals surface area contributed by atoms with Gasteiger partial charge in [-0.25, -0.2) is 0 Å². The maximum absolute atomic E-state index is 6.04. The first-order valence-electron chi connectivity index (χ1n) is 7.26. The molecule has 3 nitrogen and oxygen atoms in total. The van der Waals surface area contributed by atoms with Crippen LogP contribution in [0.25, 0.3) is 0 Å². The van der Waals surface area contributed by atoms with Gasteiger partial charge in [0.15, 0.2) is 0 Å². The summed E-state index contributed by atoms with van der Waals surface area (Å²) in [6, 6.07) is 8.30. The van der Waals surface area contributed by atoms with E-state index in [0.717, 1.165) is 25.0 Å². The third-order valence-corrected chi connectivity index (χ3v) is 3.71. The van der Waals surface area contributed by atoms with E-state index in [0.29, 0.717) is 0 Å². The Bertz CT molecular complexity index is 380. The largest absolute Gasteiger partial charge is 0.490 e. The monoisotopic (exact) mass is 263 g/mol. The lowest BCUT2D eigenvalue weighted by atomic mass is 10.0. The molecule has 0 amide bonds. The lowest BCUT2D eigenvalue weighted by Crippen LogP contribution is -2.35. The van der Waals surface area contributed by atoms with Crippen LogP contribution < -0.4 is 10.5 Å². The van der Waals surface area contributed by atoms with Crippen LogP contribution in [-0.4, -0.2) is 18.3 Å². The number of benzene rings is 1. The quantitative estimate of drug-likeness (QED) is 0.905. The number of ether oxygens (including phenoxy) is 2. The highest BCUT2D eigenvalue weighted by Crippen LogP contribution is 2.25. The Morgan fingerprint density at radius 3 is 2.32 bits per heavy atom. The van der Waals surface area contributed by atoms with E-state index in [9.17, 15) is 0 Å². The van der Waals surface area contributed by atoms with Crippen molar-refractivity contribution in [3.63, 3.8) is 0 Å². The molecule has 2 rings (SSSR count). The van der Waals surface area contributed by atoms with Gasteiger partial charge in [-0.15, -0.1) is 0 Å². The highest BCUT2D eigenvalue weighted by Gasteiger charge is 2.25. The maximum Gasteiger partial charge on any atom is 0.119 e. The van der Waals surface area contributed by atoms with Gasteiger partial charge >= 0.3 is 0 Å². The lowest BCUT2D eigenvalue weighted by molar-refractivity contribution is -0.0721. The molecule has 1 aliphatic rings. The van der Waals surface area contributed by atoms with Gasteiger partial charge in [0.1, 0.15) is 11.9 Å². The number of hydrogen-bond acceptors (Lipinski definition) is 3. The number of rotatable bonds is 4. The third kappa shape index (κ3) is 3.95. The van der Waals surface area contributed by atoms with Crippen molar-refractivity contribution in [2.24, 2.45) is 5.73 Å². The van der Waals surface area contributed by atoms with Gasteiger partial charge in [0.2, 0.25) is 0 Å². The molecule has 0 aromatic heterocycles. The summed E-state index contributed by atoms with van der Waals surface area (Å²) < 4.78 is 11.8. The van der Waals surface area contributed by atoms with Crippen LogP contribution in [0.15, 0.2) is 24.3 Å². The molecule has 1 aliphatic heterocycles. The zero-order valence-electron chi connectivity index (χ0n) is 12.1. The highest BCUT2D eigenvalue weighted by molar-refractivity contribution is 5.29. The summed E-state index contributed by atoms with van der Waals surface area (Å²) in [5.41, 5.74) is 7.18. The van der Waals surface area contributed by atoms with Gasteiger partial charge < -0.3 is 15.2 Å². The zero-order valence-corrected chi connectivity index (χ0v) is 12.1. The minimum atomic E-state index is 0.122. The summed E-state index contributed by atoms with van der Waals surface area (Å²) in [6.07, 6.45) is 3.68. The topological polar surface area (TPSA) is 44.5 Å². The van der Waals surface area contributed by atoms with Gasteiger partial charge in [0, 0.05) is 18.9 Å². The van der Waals surface area contributed by atoms with Crippen LogP contribution in [0.4, 0.5) is 0 Å². The second kappa shape index (κ2) is 6.40. The summed E-state index contributed by atoms with van der Waals surface area (Å²) in [5.74, 6) is 0.929. The second-order valence-corrected chi connectivity index (χ2v) is 5.55. The van der Waals surface area contributed by atoms with Crippen LogP contribution in [0.3, 0.4) is 0 Å². The molecular formula is C16H25NO2. The van der Waals surface area contributed by atoms with Crippen molar-refractivity contribution in [1.29, 1.82) is 0 Å². The smallest absolute Gasteiger partial charge is 0.119 e. The van der Waals surface area contributed by atoms with E-state index in [2.05, 4.69) is 32.9 Å². The van der Waals surface area contributed by atoms with Crippen molar-refractivity contribution < 1.29 is 9.47 Å². The van der Waals surface area contributed by atoms with E-state index < -0.39 is 0 Å². The van der Waals surface area contributed by atoms with E-state index in [1.165, 1.54) is 5.56 Å². The van der Waals surface area contributed by atoms with Crippen molar-refractivity contribution in [1.82, 2.24) is 0 Å². The maximum atomic E-state index is 6.04. The highest BCUT2D eigenvalue weighted by atomic mass is 16.5. The molecule has 2 N–H and O–H groups in total. The average molecular weight is 263 g/mol. The molecule has 3 heteroatoms. The molecule has 0 saturated carbocycles. The molecule has 1 aromatic rings. The zero-order chi connectivity index (χ0) is 13.8. The molecule has 1 aromatic carbocycles. The molecule has 1 fully saturated rings. The molecular weight excluding hydrogens is 238 g/mol. The van der Waals surface area contributed by atoms with Gasteiger partial charge in [0.05, 0.1) is 12.2 Å². The van der Waals surface area contributed by atoms with E-state index in [4.69, 9.17) is 15.2 Å². The Hall–Kier alpha value is -1.06. The molecule has 0 spiro atoms. The summed E-state index contributed by atoms with van der Waals surface area (Å²) in [5, 5.41) is 0. The number of nitrogens with two attached hydrogens (primary N) is 1. The Kier molecular flexibility index (Phi) is 4.83. The van der Waals surface area contributed by atoms with Crippen LogP contribution in [0, 0.1) is 0 Å². The first-order chi connectivity index (χ1) is 9.08. The Morgan fingerprint density at radius 1 is 1.21 bits per heavy atom. The molecule has 0 bridgehead atoms. The van der Waals surface area contributed by atoms with Gasteiger partial charge in [-0.2, -0.15) is 0 Å². The Balaban J connectivity index is 1.95. The van der Waals surface area contributed by atoms with Gasteiger partial charge in [0.25, 0.3) is 0 Å². The third-order valence-electron chi connectivity index (χ3n) is 3.71. The van der Waals surface area contributed by atoms with Crippen LogP contribution in [0.1, 0.15) is 51.6 Å². The fourth-order valence-corrected chi connectivity index (χ4v) is 2.66. The van der Waals surface area contributed by atoms with E-state index in [1.807, 2.05) is 12.1 Å². The summed E-state index contributed by atoms with van der Waals surface area (Å²) in [6.45, 7) is 6.31. The molecule has 0 aliphatic carbocycles. The first-order valence-corrected chi connectivity index (χ1v) is 7.26. The second-order valence-electron chi connectivity index (χ2n) is 5.55. The van der Waals surface area contributed by atoms with Crippen molar-refractivity contribution in [3.8, 4) is 5.75 Å². The van der Waals surface area contributed by atoms with Crippen molar-refractivity contribution in [3.05, 3.63) is 29.8 Å². The SMILES string of the molecule is CC[C@H](N)c1ccc(OC2CC(C)OC(C)C2)cc1. The van der Waals surface area contributed by atoms with Crippen molar-refractivity contribution in [2.75, 3.05) is 0 Å². The van der Waals surface area contributed by atoms with Crippen LogP contribution in [0.5, 0.6) is 5.75 Å². The number of hydrogen-bond donors (Lipinski definition) is 1. The predicted molar refractivity (Wildman–Crippen MR) is 77.3 cm³/mol. The van der Waals surface area contributed by atoms with E-state index >= 15 is 0 Å². The molecule has 3 atom stereocenters. The van der Waals surface area contributed by atoms with Crippen LogP contribution in [0.2, 0.25) is 0 Å². The minimum absolute atomic E-state index is 0.122. The van der Waals surface area contributed by atoms with Gasteiger partial charge in [-0.1, -0.05) is 19.1 Å². The molecule has 106 valence electrons. The fourth-order valence-electron chi connectivity index (χ4n) is 2.66. The predicted octanol–water partition coefficient (Wildman–Crippen LogP) is 3.43. The van der Waals surface area contributed by atoms with E-state index in [-0.39, 0.29) is 24.4 Å². The first kappa shape index (κ1) is 14.4.